The summed E-state index contributed by atoms with van der Waals surface area (Å²) in [6, 6.07) is 3.64. The fourth-order valence-corrected chi connectivity index (χ4v) is 3.88. The van der Waals surface area contributed by atoms with Gasteiger partial charge in [0.05, 0.1) is 6.61 Å². The molecule has 0 aliphatic carbocycles. The molecule has 1 aromatic carbocycles. The summed E-state index contributed by atoms with van der Waals surface area (Å²) in [5.74, 6) is 0.248. The zero-order valence-corrected chi connectivity index (χ0v) is 19.3. The van der Waals surface area contributed by atoms with Crippen LogP contribution in [0.25, 0.3) is 0 Å². The number of hydrogen-bond acceptors (Lipinski definition) is 6. The molecule has 1 aromatic heterocycles. The van der Waals surface area contributed by atoms with Crippen LogP contribution in [0.5, 0.6) is 5.75 Å². The van der Waals surface area contributed by atoms with Crippen molar-refractivity contribution in [2.45, 2.75) is 46.2 Å². The minimum absolute atomic E-state index is 0.117. The third-order valence-corrected chi connectivity index (χ3v) is 5.43. The molecule has 2 atom stereocenters. The van der Waals surface area contributed by atoms with Crippen LogP contribution in [0.4, 0.5) is 4.39 Å². The highest BCUT2D eigenvalue weighted by atomic mass is 32.1. The van der Waals surface area contributed by atoms with Gasteiger partial charge >= 0.3 is 14.3 Å². The fourth-order valence-electron chi connectivity index (χ4n) is 2.79. The van der Waals surface area contributed by atoms with Crippen LogP contribution in [0, 0.1) is 24.3 Å². The molecule has 1 N–H and O–H groups in total. The van der Waals surface area contributed by atoms with Gasteiger partial charge in [-0.2, -0.15) is 0 Å². The lowest BCUT2D eigenvalue weighted by atomic mass is 9.93. The predicted molar refractivity (Wildman–Crippen MR) is 123 cm³/mol. The topological polar surface area (TPSA) is 74.7 Å². The quantitative estimate of drug-likeness (QED) is 0.388. The Balaban J connectivity index is 0.000000220. The second-order valence-electron chi connectivity index (χ2n) is 6.58. The lowest BCUT2D eigenvalue weighted by Gasteiger charge is -2.25. The monoisotopic (exact) mass is 461 g/mol. The molecule has 3 rings (SSSR count). The van der Waals surface area contributed by atoms with Crippen molar-refractivity contribution in [3.05, 3.63) is 56.0 Å². The van der Waals surface area contributed by atoms with E-state index < -0.39 is 26.1 Å². The van der Waals surface area contributed by atoms with E-state index in [4.69, 9.17) is 33.9 Å². The van der Waals surface area contributed by atoms with E-state index in [9.17, 15) is 9.18 Å². The summed E-state index contributed by atoms with van der Waals surface area (Å²) in [4.78, 5) is 13.6. The van der Waals surface area contributed by atoms with E-state index in [0.717, 1.165) is 23.1 Å². The Kier molecular flexibility index (Phi) is 10.5. The van der Waals surface area contributed by atoms with Crippen LogP contribution in [-0.2, 0) is 26.9 Å². The van der Waals surface area contributed by atoms with Crippen molar-refractivity contribution < 1.29 is 22.6 Å². The lowest BCUT2D eigenvalue weighted by molar-refractivity contribution is 0.199. The summed E-state index contributed by atoms with van der Waals surface area (Å²) < 4.78 is 35.1. The molecule has 1 aliphatic heterocycles. The largest absolute Gasteiger partial charge is 0.446 e. The molecule has 0 bridgehead atoms. The second kappa shape index (κ2) is 12.6. The number of nitrogens with zero attached hydrogens (tertiary/aromatic N) is 1. The van der Waals surface area contributed by atoms with Crippen molar-refractivity contribution in [1.29, 1.82) is 0 Å². The Labute approximate surface area is 190 Å². The van der Waals surface area contributed by atoms with E-state index in [2.05, 4.69) is 36.3 Å². The average molecular weight is 461 g/mol. The molecular weight excluding hydrogens is 439 g/mol. The van der Waals surface area contributed by atoms with Gasteiger partial charge in [0.1, 0.15) is 26.1 Å². The molecule has 0 spiro atoms. The zero-order chi connectivity index (χ0) is 23.0. The van der Waals surface area contributed by atoms with Gasteiger partial charge in [0, 0.05) is 30.8 Å². The van der Waals surface area contributed by atoms with Crippen LogP contribution in [0.3, 0.4) is 0 Å². The first-order valence-corrected chi connectivity index (χ1v) is 11.0. The average Bonchev–Trinajstić information content (AvgIpc) is 2.71. The number of fused-ring (bicyclic) bond motifs is 1. The SMILES string of the molecule is [B]COP1OCc2cc(C)cc(C)c2O1.[B][C@H](CCn1cc(F)c(=S)[nH]c1=O)O[B]C. The number of hydrogen-bond donors (Lipinski definition) is 1. The van der Waals surface area contributed by atoms with Crippen LogP contribution in [-0.4, -0.2) is 45.2 Å². The highest BCUT2D eigenvalue weighted by Crippen LogP contribution is 2.48. The van der Waals surface area contributed by atoms with Gasteiger partial charge in [-0.1, -0.05) is 36.7 Å². The summed E-state index contributed by atoms with van der Waals surface area (Å²) in [5.41, 5.74) is 2.94. The molecule has 0 amide bonds. The first-order valence-electron chi connectivity index (χ1n) is 9.47. The molecule has 2 aromatic rings. The van der Waals surface area contributed by atoms with Gasteiger partial charge in [0.25, 0.3) is 7.48 Å². The number of aromatic nitrogens is 2. The standard InChI is InChI=1S/C10H12BO3P.C8H10B2FN2O2S/c1-7-3-8(2)10-9(4-7)5-12-15(14-10)13-6-11;1-10-15-6(9)2-3-13-4-5(11)7(16)12-8(13)14/h3-4H,5-6H2,1-2H3;4,6H,2-3H2,1H3,(H,12,14,16)/t;6-/m.0/s1. The van der Waals surface area contributed by atoms with Crippen LogP contribution >= 0.6 is 20.8 Å². The molecule has 2 heterocycles. The van der Waals surface area contributed by atoms with Crippen molar-refractivity contribution in [2.24, 2.45) is 0 Å². The van der Waals surface area contributed by atoms with E-state index in [-0.39, 0.29) is 17.7 Å². The molecule has 1 unspecified atom stereocenters. The molecule has 1 aliphatic rings. The smallest absolute Gasteiger partial charge is 0.396 e. The summed E-state index contributed by atoms with van der Waals surface area (Å²) in [7, 11) is 11.0. The molecule has 5 radical (unpaired) electrons. The minimum Gasteiger partial charge on any atom is -0.446 e. The number of benzene rings is 1. The fraction of sp³-hybridized carbons (Fsp3) is 0.444. The third-order valence-electron chi connectivity index (χ3n) is 4.10. The van der Waals surface area contributed by atoms with Gasteiger partial charge in [-0.3, -0.25) is 14.1 Å². The summed E-state index contributed by atoms with van der Waals surface area (Å²) in [6.07, 6.45) is 1.46. The van der Waals surface area contributed by atoms with E-state index in [0.29, 0.717) is 13.0 Å². The lowest BCUT2D eigenvalue weighted by Crippen LogP contribution is -2.26. The molecule has 0 saturated heterocycles. The number of H-pyrrole nitrogens is 1. The zero-order valence-electron chi connectivity index (χ0n) is 17.6. The maximum absolute atomic E-state index is 13.1. The molecule has 0 saturated carbocycles. The Morgan fingerprint density at radius 2 is 2.19 bits per heavy atom. The molecule has 31 heavy (non-hydrogen) atoms. The molecular formula is C18H22B3FN2O5PS. The van der Waals surface area contributed by atoms with Crippen molar-refractivity contribution in [3.8, 4) is 5.75 Å². The van der Waals surface area contributed by atoms with Crippen LogP contribution in [0.1, 0.15) is 23.1 Å². The van der Waals surface area contributed by atoms with Crippen LogP contribution in [0.2, 0.25) is 6.82 Å². The van der Waals surface area contributed by atoms with Gasteiger partial charge in [-0.25, -0.2) is 9.18 Å². The van der Waals surface area contributed by atoms with Gasteiger partial charge in [-0.05, 0) is 25.8 Å². The Hall–Kier alpha value is -1.45. The van der Waals surface area contributed by atoms with Crippen LogP contribution < -0.4 is 10.2 Å². The van der Waals surface area contributed by atoms with Crippen molar-refractivity contribution in [1.82, 2.24) is 9.55 Å². The van der Waals surface area contributed by atoms with Gasteiger partial charge < -0.3 is 13.7 Å². The normalized spacial score (nSPS) is 15.8. The maximum Gasteiger partial charge on any atom is 0.396 e. The highest BCUT2D eigenvalue weighted by molar-refractivity contribution is 7.71. The van der Waals surface area contributed by atoms with Gasteiger partial charge in [0.15, 0.2) is 5.82 Å². The summed E-state index contributed by atoms with van der Waals surface area (Å²) in [6.45, 7) is 6.69. The highest BCUT2D eigenvalue weighted by Gasteiger charge is 2.24. The van der Waals surface area contributed by atoms with Crippen molar-refractivity contribution in [2.75, 3.05) is 6.51 Å². The number of aryl methyl sites for hydroxylation is 3. The number of rotatable bonds is 7. The maximum atomic E-state index is 13.1. The van der Waals surface area contributed by atoms with Gasteiger partial charge in [0.2, 0.25) is 0 Å². The van der Waals surface area contributed by atoms with E-state index in [1.54, 1.807) is 6.82 Å². The van der Waals surface area contributed by atoms with E-state index in [1.807, 2.05) is 6.92 Å². The Morgan fingerprint density at radius 1 is 1.45 bits per heavy atom. The first kappa shape index (κ1) is 25.8. The molecule has 7 nitrogen and oxygen atoms in total. The number of halogens is 1. The Bertz CT molecular complexity index is 994. The number of nitrogens with one attached hydrogen (secondary N) is 1. The van der Waals surface area contributed by atoms with E-state index >= 15 is 0 Å². The third kappa shape index (κ3) is 7.88. The number of aromatic amines is 1. The van der Waals surface area contributed by atoms with Crippen LogP contribution in [0.15, 0.2) is 23.1 Å². The molecule has 161 valence electrons. The van der Waals surface area contributed by atoms with Crippen molar-refractivity contribution in [3.63, 3.8) is 0 Å². The minimum atomic E-state index is -1.31. The predicted octanol–water partition coefficient (Wildman–Crippen LogP) is 3.20. The Morgan fingerprint density at radius 3 is 2.87 bits per heavy atom. The summed E-state index contributed by atoms with van der Waals surface area (Å²) >= 11 is 4.58. The van der Waals surface area contributed by atoms with Crippen molar-refractivity contribution >= 4 is 44.0 Å². The van der Waals surface area contributed by atoms with E-state index in [1.165, 1.54) is 17.6 Å². The summed E-state index contributed by atoms with van der Waals surface area (Å²) in [5, 5.41) is 0. The molecule has 13 heteroatoms. The van der Waals surface area contributed by atoms with Gasteiger partial charge in [-0.15, -0.1) is 0 Å². The molecule has 0 fully saturated rings. The first-order chi connectivity index (χ1) is 14.7. The second-order valence-corrected chi connectivity index (χ2v) is 8.14.